The van der Waals surface area contributed by atoms with Gasteiger partial charge in [-0.1, -0.05) is 6.42 Å². The molecule has 1 unspecified atom stereocenters. The van der Waals surface area contributed by atoms with Crippen LogP contribution in [0.1, 0.15) is 31.5 Å². The number of piperidine rings is 1. The van der Waals surface area contributed by atoms with Crippen molar-refractivity contribution >= 4 is 37.4 Å². The lowest BCUT2D eigenvalue weighted by Crippen LogP contribution is -2.43. The molecule has 1 atom stereocenters. The largest absolute Gasteiger partial charge is 0.369 e. The zero-order valence-corrected chi connectivity index (χ0v) is 15.1. The highest BCUT2D eigenvalue weighted by Gasteiger charge is 2.28. The Morgan fingerprint density at radius 2 is 2.22 bits per heavy atom. The number of nitrogens with one attached hydrogen (secondary N) is 1. The first-order chi connectivity index (χ1) is 10.9. The minimum Gasteiger partial charge on any atom is -0.369 e. The maximum Gasteiger partial charge on any atom is 0.211 e. The fraction of sp³-hybridized carbons (Fsp3) is 0.600. The molecule has 0 spiro atoms. The molecule has 23 heavy (non-hydrogen) atoms. The van der Waals surface area contributed by atoms with E-state index in [1.54, 1.807) is 15.6 Å². The van der Waals surface area contributed by atoms with Crippen LogP contribution in [0.15, 0.2) is 11.4 Å². The molecule has 1 saturated heterocycles. The van der Waals surface area contributed by atoms with E-state index in [2.05, 4.69) is 15.3 Å². The number of aromatic nitrogens is 2. The molecule has 1 N–H and O–H groups in total. The predicted molar refractivity (Wildman–Crippen MR) is 94.4 cm³/mol. The van der Waals surface area contributed by atoms with Crippen molar-refractivity contribution in [3.8, 4) is 0 Å². The van der Waals surface area contributed by atoms with Crippen LogP contribution in [0.4, 0.5) is 5.82 Å². The molecule has 0 aliphatic carbocycles. The predicted octanol–water partition coefficient (Wildman–Crippen LogP) is 2.62. The van der Waals surface area contributed by atoms with Crippen molar-refractivity contribution in [2.75, 3.05) is 24.7 Å². The first-order valence-corrected chi connectivity index (χ1v) is 10.6. The highest BCUT2D eigenvalue weighted by molar-refractivity contribution is 7.88. The molecule has 0 amide bonds. The molecule has 0 radical (unpaired) electrons. The van der Waals surface area contributed by atoms with E-state index in [0.717, 1.165) is 47.5 Å². The van der Waals surface area contributed by atoms with E-state index in [4.69, 9.17) is 0 Å². The van der Waals surface area contributed by atoms with Gasteiger partial charge in [0, 0.05) is 19.1 Å². The van der Waals surface area contributed by atoms with E-state index in [0.29, 0.717) is 13.1 Å². The third-order valence-electron chi connectivity index (χ3n) is 4.21. The molecule has 1 aliphatic heterocycles. The second kappa shape index (κ2) is 6.70. The minimum absolute atomic E-state index is 0.0900. The van der Waals surface area contributed by atoms with Crippen molar-refractivity contribution in [3.05, 3.63) is 17.3 Å². The zero-order valence-electron chi connectivity index (χ0n) is 13.4. The number of hydrogen-bond donors (Lipinski definition) is 1. The average molecular weight is 355 g/mol. The summed E-state index contributed by atoms with van der Waals surface area (Å²) in [6.07, 6.45) is 5.09. The summed E-state index contributed by atoms with van der Waals surface area (Å²) < 4.78 is 25.5. The maximum atomic E-state index is 11.9. The van der Waals surface area contributed by atoms with Gasteiger partial charge in [-0.3, -0.25) is 0 Å². The van der Waals surface area contributed by atoms with Crippen molar-refractivity contribution in [1.29, 1.82) is 0 Å². The standard InChI is InChI=1S/C15H22N4O2S2/c1-11-17-14(13-7-10-22-15(13)18-11)16-8-6-12-5-3-4-9-19(12)23(2,20)21/h7,10,12H,3-6,8-9H2,1-2H3,(H,16,17,18). The van der Waals surface area contributed by atoms with Crippen LogP contribution in [-0.2, 0) is 10.0 Å². The van der Waals surface area contributed by atoms with Crippen LogP contribution in [-0.4, -0.2) is 48.1 Å². The van der Waals surface area contributed by atoms with E-state index < -0.39 is 10.0 Å². The summed E-state index contributed by atoms with van der Waals surface area (Å²) in [6.45, 7) is 3.24. The van der Waals surface area contributed by atoms with Gasteiger partial charge in [-0.05, 0) is 37.6 Å². The molecule has 3 rings (SSSR count). The molecule has 6 nitrogen and oxygen atoms in total. The van der Waals surface area contributed by atoms with Gasteiger partial charge in [-0.25, -0.2) is 18.4 Å². The summed E-state index contributed by atoms with van der Waals surface area (Å²) in [6, 6.07) is 2.11. The summed E-state index contributed by atoms with van der Waals surface area (Å²) >= 11 is 1.60. The van der Waals surface area contributed by atoms with Gasteiger partial charge in [0.2, 0.25) is 10.0 Å². The molecule has 2 aromatic heterocycles. The smallest absolute Gasteiger partial charge is 0.211 e. The number of thiophene rings is 1. The Bertz CT molecular complexity index is 788. The monoisotopic (exact) mass is 354 g/mol. The van der Waals surface area contributed by atoms with Crippen LogP contribution in [0.3, 0.4) is 0 Å². The van der Waals surface area contributed by atoms with Crippen molar-refractivity contribution in [2.45, 2.75) is 38.6 Å². The van der Waals surface area contributed by atoms with Crippen molar-refractivity contribution < 1.29 is 8.42 Å². The average Bonchev–Trinajstić information content (AvgIpc) is 2.95. The summed E-state index contributed by atoms with van der Waals surface area (Å²) in [7, 11) is -3.12. The molecule has 126 valence electrons. The summed E-state index contributed by atoms with van der Waals surface area (Å²) in [5, 5.41) is 6.41. The van der Waals surface area contributed by atoms with Crippen molar-refractivity contribution in [1.82, 2.24) is 14.3 Å². The molecule has 0 saturated carbocycles. The number of fused-ring (bicyclic) bond motifs is 1. The van der Waals surface area contributed by atoms with Gasteiger partial charge in [0.15, 0.2) is 0 Å². The molecule has 0 bridgehead atoms. The molecule has 2 aromatic rings. The lowest BCUT2D eigenvalue weighted by atomic mass is 10.0. The fourth-order valence-electron chi connectivity index (χ4n) is 3.15. The quantitative estimate of drug-likeness (QED) is 0.893. The Morgan fingerprint density at radius 1 is 1.39 bits per heavy atom. The minimum atomic E-state index is -3.12. The Kier molecular flexibility index (Phi) is 4.84. The Hall–Kier alpha value is -1.25. The second-order valence-corrected chi connectivity index (χ2v) is 8.83. The lowest BCUT2D eigenvalue weighted by molar-refractivity contribution is 0.246. The topological polar surface area (TPSA) is 75.2 Å². The molecule has 8 heteroatoms. The van der Waals surface area contributed by atoms with Gasteiger partial charge in [0.1, 0.15) is 16.5 Å². The van der Waals surface area contributed by atoms with E-state index in [-0.39, 0.29) is 6.04 Å². The third-order valence-corrected chi connectivity index (χ3v) is 6.35. The van der Waals surface area contributed by atoms with E-state index >= 15 is 0 Å². The second-order valence-electron chi connectivity index (χ2n) is 6.00. The van der Waals surface area contributed by atoms with E-state index in [1.807, 2.05) is 18.4 Å². The van der Waals surface area contributed by atoms with Gasteiger partial charge in [-0.15, -0.1) is 11.3 Å². The third kappa shape index (κ3) is 3.81. The molecule has 1 fully saturated rings. The number of hydrogen-bond acceptors (Lipinski definition) is 6. The first-order valence-electron chi connectivity index (χ1n) is 7.87. The van der Waals surface area contributed by atoms with Crippen molar-refractivity contribution in [2.24, 2.45) is 0 Å². The molecular formula is C15H22N4O2S2. The number of aryl methyl sites for hydroxylation is 1. The summed E-state index contributed by atoms with van der Waals surface area (Å²) in [4.78, 5) is 9.88. The van der Waals surface area contributed by atoms with Crippen LogP contribution in [0.2, 0.25) is 0 Å². The maximum absolute atomic E-state index is 11.9. The number of sulfonamides is 1. The van der Waals surface area contributed by atoms with Gasteiger partial charge in [0.25, 0.3) is 0 Å². The van der Waals surface area contributed by atoms with Crippen molar-refractivity contribution in [3.63, 3.8) is 0 Å². The van der Waals surface area contributed by atoms with Crippen LogP contribution >= 0.6 is 11.3 Å². The molecule has 3 heterocycles. The van der Waals surface area contributed by atoms with E-state index in [1.165, 1.54) is 6.26 Å². The number of anilines is 1. The highest BCUT2D eigenvalue weighted by atomic mass is 32.2. The summed E-state index contributed by atoms with van der Waals surface area (Å²) in [5.41, 5.74) is 0. The van der Waals surface area contributed by atoms with Crippen LogP contribution < -0.4 is 5.32 Å². The van der Waals surface area contributed by atoms with Crippen LogP contribution in [0, 0.1) is 6.92 Å². The fourth-order valence-corrected chi connectivity index (χ4v) is 5.18. The van der Waals surface area contributed by atoms with Gasteiger partial charge in [0.05, 0.1) is 11.6 Å². The lowest BCUT2D eigenvalue weighted by Gasteiger charge is -2.33. The summed E-state index contributed by atoms with van der Waals surface area (Å²) in [5.74, 6) is 1.59. The molecule has 0 aromatic carbocycles. The Labute approximate surface area is 141 Å². The van der Waals surface area contributed by atoms with Crippen LogP contribution in [0.25, 0.3) is 10.2 Å². The van der Waals surface area contributed by atoms with E-state index in [9.17, 15) is 8.42 Å². The normalized spacial score (nSPS) is 20.0. The Balaban J connectivity index is 1.67. The van der Waals surface area contributed by atoms with Gasteiger partial charge >= 0.3 is 0 Å². The molecule has 1 aliphatic rings. The highest BCUT2D eigenvalue weighted by Crippen LogP contribution is 2.26. The first kappa shape index (κ1) is 16.6. The Morgan fingerprint density at radius 3 is 3.00 bits per heavy atom. The SMILES string of the molecule is Cc1nc(NCCC2CCCCN2S(C)(=O)=O)c2ccsc2n1. The number of rotatable bonds is 5. The zero-order chi connectivity index (χ0) is 16.4. The van der Waals surface area contributed by atoms with Gasteiger partial charge in [-0.2, -0.15) is 4.31 Å². The molecular weight excluding hydrogens is 332 g/mol. The van der Waals surface area contributed by atoms with Gasteiger partial charge < -0.3 is 5.32 Å². The number of nitrogens with zero attached hydrogens (tertiary/aromatic N) is 3. The van der Waals surface area contributed by atoms with Crippen LogP contribution in [0.5, 0.6) is 0 Å².